The number of halogens is 2. The van der Waals surface area contributed by atoms with E-state index in [9.17, 15) is 0 Å². The fourth-order valence-electron chi connectivity index (χ4n) is 2.00. The predicted octanol–water partition coefficient (Wildman–Crippen LogP) is 4.53. The molecule has 1 N–H and O–H groups in total. The molecule has 0 saturated carbocycles. The van der Waals surface area contributed by atoms with E-state index in [2.05, 4.69) is 33.1 Å². The fourth-order valence-corrected chi connectivity index (χ4v) is 3.01. The van der Waals surface area contributed by atoms with Crippen LogP contribution in [0.1, 0.15) is 19.8 Å². The molecule has 0 aliphatic carbocycles. The number of benzene rings is 1. The molecule has 0 unspecified atom stereocenters. The Hall–Kier alpha value is -0.320. The maximum absolute atomic E-state index is 6.17. The molecular formula is C13H16BrClN2S. The molecule has 1 aliphatic heterocycles. The largest absolute Gasteiger partial charge is 0.349 e. The van der Waals surface area contributed by atoms with Crippen LogP contribution in [-0.4, -0.2) is 23.1 Å². The normalized spacial score (nSPS) is 16.7. The van der Waals surface area contributed by atoms with Crippen LogP contribution >= 0.6 is 39.7 Å². The smallest absolute Gasteiger partial charge is 0.173 e. The number of thiocarbonyl (C=S) groups is 1. The summed E-state index contributed by atoms with van der Waals surface area (Å²) in [5.41, 5.74) is 0.864. The minimum absolute atomic E-state index is 0.678. The van der Waals surface area contributed by atoms with E-state index in [1.165, 1.54) is 12.8 Å². The van der Waals surface area contributed by atoms with Gasteiger partial charge < -0.3 is 10.2 Å². The number of likely N-dealkylation sites (tertiary alicyclic amines) is 1. The first-order valence-electron chi connectivity index (χ1n) is 6.07. The summed E-state index contributed by atoms with van der Waals surface area (Å²) < 4.78 is 0.968. The first-order valence-corrected chi connectivity index (χ1v) is 7.65. The van der Waals surface area contributed by atoms with Crippen molar-refractivity contribution in [2.75, 3.05) is 18.4 Å². The summed E-state index contributed by atoms with van der Waals surface area (Å²) in [6.07, 6.45) is 2.41. The maximum atomic E-state index is 6.17. The van der Waals surface area contributed by atoms with Crippen molar-refractivity contribution in [3.05, 3.63) is 27.7 Å². The predicted molar refractivity (Wildman–Crippen MR) is 85.3 cm³/mol. The van der Waals surface area contributed by atoms with E-state index >= 15 is 0 Å². The van der Waals surface area contributed by atoms with Crippen molar-refractivity contribution in [3.63, 3.8) is 0 Å². The third-order valence-corrected chi connectivity index (χ3v) is 4.41. The van der Waals surface area contributed by atoms with Gasteiger partial charge in [0.2, 0.25) is 0 Å². The van der Waals surface area contributed by atoms with E-state index in [0.29, 0.717) is 5.02 Å². The number of nitrogens with one attached hydrogen (secondary N) is 1. The third kappa shape index (κ3) is 3.59. The third-order valence-electron chi connectivity index (χ3n) is 3.24. The van der Waals surface area contributed by atoms with E-state index in [1.54, 1.807) is 0 Å². The average molecular weight is 348 g/mol. The monoisotopic (exact) mass is 346 g/mol. The van der Waals surface area contributed by atoms with Gasteiger partial charge in [0.15, 0.2) is 5.11 Å². The average Bonchev–Trinajstić information content (AvgIpc) is 2.33. The van der Waals surface area contributed by atoms with Gasteiger partial charge in [0.25, 0.3) is 0 Å². The minimum Gasteiger partial charge on any atom is -0.349 e. The molecule has 1 aromatic rings. The van der Waals surface area contributed by atoms with Crippen molar-refractivity contribution in [2.24, 2.45) is 5.92 Å². The highest BCUT2D eigenvalue weighted by Gasteiger charge is 2.18. The zero-order chi connectivity index (χ0) is 13.1. The highest BCUT2D eigenvalue weighted by atomic mass is 79.9. The molecule has 98 valence electrons. The summed E-state index contributed by atoms with van der Waals surface area (Å²) in [5, 5.41) is 4.67. The van der Waals surface area contributed by atoms with E-state index in [-0.39, 0.29) is 0 Å². The molecule has 0 atom stereocenters. The quantitative estimate of drug-likeness (QED) is 0.751. The van der Waals surface area contributed by atoms with Gasteiger partial charge in [-0.2, -0.15) is 0 Å². The van der Waals surface area contributed by atoms with Gasteiger partial charge in [-0.15, -0.1) is 0 Å². The summed E-state index contributed by atoms with van der Waals surface area (Å²) in [4.78, 5) is 2.22. The molecule has 1 fully saturated rings. The van der Waals surface area contributed by atoms with Crippen LogP contribution in [0.15, 0.2) is 22.7 Å². The Morgan fingerprint density at radius 1 is 1.44 bits per heavy atom. The molecule has 1 aliphatic rings. The van der Waals surface area contributed by atoms with Crippen LogP contribution in [0.5, 0.6) is 0 Å². The molecule has 1 saturated heterocycles. The van der Waals surface area contributed by atoms with Crippen molar-refractivity contribution in [2.45, 2.75) is 19.8 Å². The Bertz CT molecular complexity index is 445. The summed E-state index contributed by atoms with van der Waals surface area (Å²) in [7, 11) is 0. The van der Waals surface area contributed by atoms with Gasteiger partial charge in [-0.1, -0.05) is 34.5 Å². The van der Waals surface area contributed by atoms with Crippen LogP contribution < -0.4 is 5.32 Å². The molecule has 2 nitrogen and oxygen atoms in total. The van der Waals surface area contributed by atoms with Crippen molar-refractivity contribution >= 4 is 50.5 Å². The Labute approximate surface area is 127 Å². The second-order valence-corrected chi connectivity index (χ2v) is 6.43. The lowest BCUT2D eigenvalue weighted by atomic mass is 10.00. The summed E-state index contributed by atoms with van der Waals surface area (Å²) >= 11 is 15.0. The van der Waals surface area contributed by atoms with Crippen molar-refractivity contribution in [1.29, 1.82) is 0 Å². The van der Waals surface area contributed by atoms with E-state index in [0.717, 1.165) is 34.3 Å². The summed E-state index contributed by atoms with van der Waals surface area (Å²) in [6.45, 7) is 4.35. The number of anilines is 1. The summed E-state index contributed by atoms with van der Waals surface area (Å²) in [6, 6.07) is 5.76. The Balaban J connectivity index is 1.98. The SMILES string of the molecule is CC1CCN(C(=S)Nc2ccc(Br)cc2Cl)CC1. The molecule has 5 heteroatoms. The van der Waals surface area contributed by atoms with Crippen molar-refractivity contribution in [3.8, 4) is 0 Å². The fraction of sp³-hybridized carbons (Fsp3) is 0.462. The molecule has 1 aromatic carbocycles. The second kappa shape index (κ2) is 6.22. The number of piperidine rings is 1. The highest BCUT2D eigenvalue weighted by molar-refractivity contribution is 9.10. The van der Waals surface area contributed by atoms with Gasteiger partial charge in [-0.3, -0.25) is 0 Å². The zero-order valence-corrected chi connectivity index (χ0v) is 13.4. The van der Waals surface area contributed by atoms with Crippen LogP contribution in [0.4, 0.5) is 5.69 Å². The van der Waals surface area contributed by atoms with Gasteiger partial charge in [0.05, 0.1) is 10.7 Å². The molecule has 1 heterocycles. The highest BCUT2D eigenvalue weighted by Crippen LogP contribution is 2.26. The van der Waals surface area contributed by atoms with E-state index < -0.39 is 0 Å². The summed E-state index contributed by atoms with van der Waals surface area (Å²) in [5.74, 6) is 0.806. The molecule has 0 radical (unpaired) electrons. The van der Waals surface area contributed by atoms with Gasteiger partial charge in [0.1, 0.15) is 0 Å². The lowest BCUT2D eigenvalue weighted by molar-refractivity contribution is 0.283. The number of hydrogen-bond acceptors (Lipinski definition) is 1. The van der Waals surface area contributed by atoms with Crippen molar-refractivity contribution < 1.29 is 0 Å². The minimum atomic E-state index is 0.678. The molecule has 0 spiro atoms. The van der Waals surface area contributed by atoms with E-state index in [1.807, 2.05) is 18.2 Å². The van der Waals surface area contributed by atoms with Gasteiger partial charge in [-0.05, 0) is 49.2 Å². The van der Waals surface area contributed by atoms with Crippen LogP contribution in [0.3, 0.4) is 0 Å². The van der Waals surface area contributed by atoms with Gasteiger partial charge >= 0.3 is 0 Å². The first kappa shape index (κ1) is 14.1. The lowest BCUT2D eigenvalue weighted by Crippen LogP contribution is -2.40. The molecule has 0 bridgehead atoms. The van der Waals surface area contributed by atoms with Crippen LogP contribution in [0.25, 0.3) is 0 Å². The molecule has 0 amide bonds. The zero-order valence-electron chi connectivity index (χ0n) is 10.2. The second-order valence-electron chi connectivity index (χ2n) is 4.72. The van der Waals surface area contributed by atoms with Crippen molar-refractivity contribution in [1.82, 2.24) is 4.90 Å². The van der Waals surface area contributed by atoms with Gasteiger partial charge in [0, 0.05) is 17.6 Å². The number of rotatable bonds is 1. The lowest BCUT2D eigenvalue weighted by Gasteiger charge is -2.32. The molecule has 18 heavy (non-hydrogen) atoms. The van der Waals surface area contributed by atoms with Crippen LogP contribution in [-0.2, 0) is 0 Å². The molecular weight excluding hydrogens is 332 g/mol. The standard InChI is InChI=1S/C13H16BrClN2S/c1-9-4-6-17(7-5-9)13(18)16-12-3-2-10(14)8-11(12)15/h2-3,8-9H,4-7H2,1H3,(H,16,18). The number of hydrogen-bond donors (Lipinski definition) is 1. The number of nitrogens with zero attached hydrogens (tertiary/aromatic N) is 1. The van der Waals surface area contributed by atoms with Crippen LogP contribution in [0, 0.1) is 5.92 Å². The molecule has 2 rings (SSSR count). The van der Waals surface area contributed by atoms with E-state index in [4.69, 9.17) is 23.8 Å². The maximum Gasteiger partial charge on any atom is 0.173 e. The van der Waals surface area contributed by atoms with Crippen LogP contribution in [0.2, 0.25) is 5.02 Å². The Morgan fingerprint density at radius 3 is 2.72 bits per heavy atom. The molecule has 0 aromatic heterocycles. The Morgan fingerprint density at radius 2 is 2.11 bits per heavy atom. The first-order chi connectivity index (χ1) is 8.56. The Kier molecular flexibility index (Phi) is 4.87. The topological polar surface area (TPSA) is 15.3 Å². The van der Waals surface area contributed by atoms with Gasteiger partial charge in [-0.25, -0.2) is 0 Å².